The maximum atomic E-state index is 12.7. The number of amides is 1. The van der Waals surface area contributed by atoms with Gasteiger partial charge in [-0.05, 0) is 11.6 Å². The van der Waals surface area contributed by atoms with Gasteiger partial charge in [-0.3, -0.25) is 4.79 Å². The molecule has 0 saturated carbocycles. The number of benzene rings is 2. The molecule has 1 amide bonds. The van der Waals surface area contributed by atoms with Crippen molar-refractivity contribution in [1.29, 1.82) is 0 Å². The highest BCUT2D eigenvalue weighted by molar-refractivity contribution is 7.15. The summed E-state index contributed by atoms with van der Waals surface area (Å²) in [7, 11) is 1.56. The van der Waals surface area contributed by atoms with Gasteiger partial charge in [0.25, 0.3) is 0 Å². The number of carboxylic acids is 1. The normalized spacial score (nSPS) is 15.0. The van der Waals surface area contributed by atoms with Crippen molar-refractivity contribution in [3.8, 4) is 22.6 Å². The third-order valence-electron chi connectivity index (χ3n) is 5.11. The van der Waals surface area contributed by atoms with Gasteiger partial charge in [0.05, 0.1) is 12.8 Å². The van der Waals surface area contributed by atoms with Crippen LogP contribution in [0.15, 0.2) is 61.2 Å². The predicted octanol–water partition coefficient (Wildman–Crippen LogP) is 5.16. The number of thiophene rings is 1. The third kappa shape index (κ3) is 3.80. The summed E-state index contributed by atoms with van der Waals surface area (Å²) in [6, 6.07) is 14.7. The van der Waals surface area contributed by atoms with Crippen LogP contribution in [-0.2, 0) is 4.79 Å². The summed E-state index contributed by atoms with van der Waals surface area (Å²) in [4.78, 5) is 25.8. The fourth-order valence-corrected chi connectivity index (χ4v) is 5.07. The second-order valence-corrected chi connectivity index (χ2v) is 8.05. The topological polar surface area (TPSA) is 84.9 Å². The van der Waals surface area contributed by atoms with Crippen molar-refractivity contribution < 1.29 is 24.2 Å². The number of carboxylic acid groups (broad SMARTS) is 1. The summed E-state index contributed by atoms with van der Waals surface area (Å²) >= 11 is 1.19. The Bertz CT molecular complexity index is 1150. The molecule has 0 bridgehead atoms. The number of aromatic carboxylic acids is 1. The maximum Gasteiger partial charge on any atom is 0.346 e. The molecule has 31 heavy (non-hydrogen) atoms. The lowest BCUT2D eigenvalue weighted by molar-refractivity contribution is -0.116. The fourth-order valence-electron chi connectivity index (χ4n) is 3.83. The number of ether oxygens (including phenoxy) is 2. The van der Waals surface area contributed by atoms with Crippen molar-refractivity contribution in [3.63, 3.8) is 0 Å². The zero-order valence-electron chi connectivity index (χ0n) is 16.9. The van der Waals surface area contributed by atoms with E-state index in [9.17, 15) is 14.7 Å². The summed E-state index contributed by atoms with van der Waals surface area (Å²) in [6.45, 7) is 3.97. The standard InChI is InChI=1S/C24H21NO5S/c1-3-12-30-21-15(10-7-11-17(21)29-2)16-13-18(26)25-20-19(14-8-5-4-6-9-14)23(24(27)28)31-22(16)20/h3-11,16H,1,12-13H2,2H3,(H,25,26)(H,27,28). The van der Waals surface area contributed by atoms with Crippen LogP contribution in [0.1, 0.15) is 32.5 Å². The van der Waals surface area contributed by atoms with Crippen molar-refractivity contribution in [2.75, 3.05) is 19.0 Å². The molecule has 2 aromatic carbocycles. The van der Waals surface area contributed by atoms with Gasteiger partial charge in [-0.15, -0.1) is 11.3 Å². The van der Waals surface area contributed by atoms with Crippen molar-refractivity contribution in [2.45, 2.75) is 12.3 Å². The number of para-hydroxylation sites is 1. The van der Waals surface area contributed by atoms with Crippen LogP contribution in [0, 0.1) is 0 Å². The Hall–Kier alpha value is -3.58. The van der Waals surface area contributed by atoms with E-state index in [1.54, 1.807) is 19.3 Å². The molecule has 7 heteroatoms. The van der Waals surface area contributed by atoms with E-state index in [2.05, 4.69) is 11.9 Å². The molecule has 2 heterocycles. The summed E-state index contributed by atoms with van der Waals surface area (Å²) in [6.07, 6.45) is 1.81. The van der Waals surface area contributed by atoms with Crippen LogP contribution in [0.25, 0.3) is 11.1 Å². The minimum Gasteiger partial charge on any atom is -0.493 e. The molecule has 0 spiro atoms. The van der Waals surface area contributed by atoms with E-state index < -0.39 is 5.97 Å². The monoisotopic (exact) mass is 435 g/mol. The van der Waals surface area contributed by atoms with E-state index in [-0.39, 0.29) is 29.7 Å². The first kappa shape index (κ1) is 20.7. The van der Waals surface area contributed by atoms with Crippen LogP contribution >= 0.6 is 11.3 Å². The average molecular weight is 436 g/mol. The Labute approximate surface area is 183 Å². The molecule has 1 atom stereocenters. The number of methoxy groups -OCH3 is 1. The molecule has 1 aliphatic rings. The molecule has 0 saturated heterocycles. The van der Waals surface area contributed by atoms with Gasteiger partial charge < -0.3 is 19.9 Å². The van der Waals surface area contributed by atoms with Crippen LogP contribution in [0.4, 0.5) is 5.69 Å². The van der Waals surface area contributed by atoms with Gasteiger partial charge in [-0.2, -0.15) is 0 Å². The van der Waals surface area contributed by atoms with Gasteiger partial charge in [-0.1, -0.05) is 55.1 Å². The summed E-state index contributed by atoms with van der Waals surface area (Å²) < 4.78 is 11.4. The van der Waals surface area contributed by atoms with E-state index in [4.69, 9.17) is 9.47 Å². The van der Waals surface area contributed by atoms with Gasteiger partial charge >= 0.3 is 5.97 Å². The summed E-state index contributed by atoms with van der Waals surface area (Å²) in [5, 5.41) is 12.8. The number of anilines is 1. The highest BCUT2D eigenvalue weighted by Gasteiger charge is 2.36. The first-order chi connectivity index (χ1) is 15.0. The lowest BCUT2D eigenvalue weighted by atomic mass is 9.88. The highest BCUT2D eigenvalue weighted by Crippen LogP contribution is 2.51. The number of hydrogen-bond acceptors (Lipinski definition) is 5. The number of hydrogen-bond donors (Lipinski definition) is 2. The molecular formula is C24H21NO5S. The Morgan fingerprint density at radius 3 is 2.71 bits per heavy atom. The van der Waals surface area contributed by atoms with Gasteiger partial charge in [0.15, 0.2) is 11.5 Å². The van der Waals surface area contributed by atoms with Gasteiger partial charge in [0, 0.05) is 28.3 Å². The van der Waals surface area contributed by atoms with Crippen molar-refractivity contribution in [3.05, 3.63) is 76.5 Å². The molecule has 158 valence electrons. The maximum absolute atomic E-state index is 12.7. The molecule has 1 aromatic heterocycles. The van der Waals surface area contributed by atoms with Gasteiger partial charge in [0.2, 0.25) is 5.91 Å². The van der Waals surface area contributed by atoms with Crippen LogP contribution in [0.3, 0.4) is 0 Å². The lowest BCUT2D eigenvalue weighted by Crippen LogP contribution is -2.23. The molecule has 0 fully saturated rings. The van der Waals surface area contributed by atoms with E-state index in [1.165, 1.54) is 11.3 Å². The van der Waals surface area contributed by atoms with Crippen LogP contribution in [0.5, 0.6) is 11.5 Å². The highest BCUT2D eigenvalue weighted by atomic mass is 32.1. The smallest absolute Gasteiger partial charge is 0.346 e. The molecule has 2 N–H and O–H groups in total. The Morgan fingerprint density at radius 1 is 1.26 bits per heavy atom. The zero-order valence-corrected chi connectivity index (χ0v) is 17.7. The van der Waals surface area contributed by atoms with Gasteiger partial charge in [-0.25, -0.2) is 4.79 Å². The van der Waals surface area contributed by atoms with E-state index in [1.807, 2.05) is 42.5 Å². The molecule has 4 rings (SSSR count). The fraction of sp³-hybridized carbons (Fsp3) is 0.167. The van der Waals surface area contributed by atoms with Crippen LogP contribution in [-0.4, -0.2) is 30.7 Å². The predicted molar refractivity (Wildman–Crippen MR) is 120 cm³/mol. The molecule has 3 aromatic rings. The SMILES string of the molecule is C=CCOc1c(OC)cccc1C1CC(=O)Nc2c1sc(C(=O)O)c2-c1ccccc1. The van der Waals surface area contributed by atoms with E-state index >= 15 is 0 Å². The number of nitrogens with one attached hydrogen (secondary N) is 1. The van der Waals surface area contributed by atoms with Crippen LogP contribution < -0.4 is 14.8 Å². The second-order valence-electron chi connectivity index (χ2n) is 7.00. The Morgan fingerprint density at radius 2 is 2.03 bits per heavy atom. The quantitative estimate of drug-likeness (QED) is 0.501. The molecule has 0 aliphatic carbocycles. The summed E-state index contributed by atoms with van der Waals surface area (Å²) in [5.41, 5.74) is 2.59. The first-order valence-corrected chi connectivity index (χ1v) is 10.5. The Balaban J connectivity index is 1.93. The lowest BCUT2D eigenvalue weighted by Gasteiger charge is -2.26. The van der Waals surface area contributed by atoms with Crippen molar-refractivity contribution >= 4 is 28.9 Å². The molecule has 1 unspecified atom stereocenters. The summed E-state index contributed by atoms with van der Waals surface area (Å²) in [5.74, 6) is -0.492. The van der Waals surface area contributed by atoms with E-state index in [0.29, 0.717) is 22.7 Å². The minimum absolute atomic E-state index is 0.179. The van der Waals surface area contributed by atoms with Crippen molar-refractivity contribution in [2.24, 2.45) is 0 Å². The average Bonchev–Trinajstić information content (AvgIpc) is 3.17. The number of fused-ring (bicyclic) bond motifs is 1. The van der Waals surface area contributed by atoms with Crippen LogP contribution in [0.2, 0.25) is 0 Å². The zero-order chi connectivity index (χ0) is 22.0. The minimum atomic E-state index is -1.03. The number of carbonyl (C=O) groups excluding carboxylic acids is 1. The molecule has 1 aliphatic heterocycles. The van der Waals surface area contributed by atoms with Gasteiger partial charge in [0.1, 0.15) is 11.5 Å². The number of rotatable bonds is 7. The second kappa shape index (κ2) is 8.65. The third-order valence-corrected chi connectivity index (χ3v) is 6.40. The molecule has 0 radical (unpaired) electrons. The first-order valence-electron chi connectivity index (χ1n) is 9.71. The largest absolute Gasteiger partial charge is 0.493 e. The Kier molecular flexibility index (Phi) is 5.77. The molecule has 6 nitrogen and oxygen atoms in total. The van der Waals surface area contributed by atoms with Crippen molar-refractivity contribution in [1.82, 2.24) is 0 Å². The number of carbonyl (C=O) groups is 2. The molecular weight excluding hydrogens is 414 g/mol. The van der Waals surface area contributed by atoms with E-state index in [0.717, 1.165) is 16.0 Å².